The minimum Gasteiger partial charge on any atom is -0.342 e. The van der Waals surface area contributed by atoms with E-state index in [1.807, 2.05) is 31.2 Å². The summed E-state index contributed by atoms with van der Waals surface area (Å²) in [5.41, 5.74) is 1.93. The van der Waals surface area contributed by atoms with Gasteiger partial charge in [0.25, 0.3) is 5.91 Å². The van der Waals surface area contributed by atoms with Crippen molar-refractivity contribution in [2.75, 3.05) is 5.32 Å². The predicted molar refractivity (Wildman–Crippen MR) is 84.3 cm³/mol. The second-order valence-corrected chi connectivity index (χ2v) is 6.48. The molecular weight excluding hydrogens is 278 g/mol. The van der Waals surface area contributed by atoms with Gasteiger partial charge in [-0.25, -0.2) is 0 Å². The van der Waals surface area contributed by atoms with E-state index in [9.17, 15) is 9.59 Å². The molecule has 4 N–H and O–H groups in total. The number of hydrogen-bond donors (Lipinski definition) is 3. The first-order valence-corrected chi connectivity index (χ1v) is 8.14. The quantitative estimate of drug-likeness (QED) is 0.769. The summed E-state index contributed by atoms with van der Waals surface area (Å²) in [6.07, 6.45) is 4.82. The van der Waals surface area contributed by atoms with Crippen molar-refractivity contribution in [2.24, 2.45) is 0 Å². The molecular formula is C17H24N3O2+. The average Bonchev–Trinajstić information content (AvgIpc) is 2.50. The van der Waals surface area contributed by atoms with Crippen LogP contribution in [0.1, 0.15) is 37.7 Å². The van der Waals surface area contributed by atoms with E-state index in [0.29, 0.717) is 6.04 Å². The Balaban J connectivity index is 1.56. The van der Waals surface area contributed by atoms with Crippen molar-refractivity contribution in [3.05, 3.63) is 29.8 Å². The van der Waals surface area contributed by atoms with Crippen LogP contribution in [0.25, 0.3) is 0 Å². The molecule has 2 aliphatic rings. The number of piperazine rings is 1. The molecule has 1 saturated carbocycles. The van der Waals surface area contributed by atoms with Crippen LogP contribution in [0.15, 0.2) is 24.3 Å². The van der Waals surface area contributed by atoms with Crippen LogP contribution in [0.2, 0.25) is 0 Å². The van der Waals surface area contributed by atoms with Crippen molar-refractivity contribution in [3.63, 3.8) is 0 Å². The first-order valence-electron chi connectivity index (χ1n) is 8.14. The van der Waals surface area contributed by atoms with Crippen molar-refractivity contribution in [1.29, 1.82) is 0 Å². The fraction of sp³-hybridized carbons (Fsp3) is 0.529. The molecule has 118 valence electrons. The highest BCUT2D eigenvalue weighted by Gasteiger charge is 2.40. The number of carbonyl (C=O) groups is 2. The van der Waals surface area contributed by atoms with Gasteiger partial charge in [0.1, 0.15) is 6.04 Å². The summed E-state index contributed by atoms with van der Waals surface area (Å²) in [4.78, 5) is 24.3. The standard InChI is InChI=1S/C17H23N3O2/c1-11-6-8-12(9-7-11)18-16(21)10-15-17(22)20-14-5-3-2-4-13(14)19-15/h6-9,13-15,19H,2-5,10H2,1H3,(H,18,21)(H,20,22)/p+1/t13-,14+,15-/m0/s1. The van der Waals surface area contributed by atoms with Gasteiger partial charge in [0.15, 0.2) is 6.04 Å². The van der Waals surface area contributed by atoms with Crippen LogP contribution in [0, 0.1) is 6.92 Å². The van der Waals surface area contributed by atoms with Gasteiger partial charge in [0.2, 0.25) is 5.91 Å². The Morgan fingerprint density at radius 3 is 2.77 bits per heavy atom. The molecule has 3 rings (SSSR count). The van der Waals surface area contributed by atoms with Gasteiger partial charge in [0, 0.05) is 12.1 Å². The van der Waals surface area contributed by atoms with Gasteiger partial charge < -0.3 is 16.0 Å². The third kappa shape index (κ3) is 3.47. The number of quaternary nitrogens is 1. The van der Waals surface area contributed by atoms with E-state index in [-0.39, 0.29) is 30.3 Å². The average molecular weight is 302 g/mol. The van der Waals surface area contributed by atoms with Gasteiger partial charge in [-0.1, -0.05) is 24.1 Å². The van der Waals surface area contributed by atoms with E-state index in [1.165, 1.54) is 12.8 Å². The van der Waals surface area contributed by atoms with E-state index >= 15 is 0 Å². The fourth-order valence-corrected chi connectivity index (χ4v) is 3.45. The molecule has 1 aromatic rings. The van der Waals surface area contributed by atoms with Crippen LogP contribution in [0.4, 0.5) is 5.69 Å². The highest BCUT2D eigenvalue weighted by Crippen LogP contribution is 2.18. The van der Waals surface area contributed by atoms with Crippen LogP contribution in [0.5, 0.6) is 0 Å². The Morgan fingerprint density at radius 1 is 1.27 bits per heavy atom. The molecule has 0 radical (unpaired) electrons. The molecule has 2 fully saturated rings. The second-order valence-electron chi connectivity index (χ2n) is 6.48. The zero-order chi connectivity index (χ0) is 15.5. The minimum atomic E-state index is -0.301. The molecule has 1 aliphatic heterocycles. The number of hydrogen-bond acceptors (Lipinski definition) is 2. The molecule has 5 nitrogen and oxygen atoms in total. The first-order chi connectivity index (χ1) is 10.6. The van der Waals surface area contributed by atoms with Crippen molar-refractivity contribution in [2.45, 2.75) is 57.2 Å². The molecule has 1 aromatic carbocycles. The number of fused-ring (bicyclic) bond motifs is 1. The Hall–Kier alpha value is -1.88. The van der Waals surface area contributed by atoms with Gasteiger partial charge in [-0.05, 0) is 31.9 Å². The molecule has 0 spiro atoms. The van der Waals surface area contributed by atoms with Gasteiger partial charge in [-0.3, -0.25) is 9.59 Å². The zero-order valence-corrected chi connectivity index (χ0v) is 13.0. The van der Waals surface area contributed by atoms with E-state index in [2.05, 4.69) is 16.0 Å². The Bertz CT molecular complexity index is 556. The van der Waals surface area contributed by atoms with E-state index < -0.39 is 0 Å². The lowest BCUT2D eigenvalue weighted by atomic mass is 9.87. The monoisotopic (exact) mass is 302 g/mol. The molecule has 2 amide bonds. The summed E-state index contributed by atoms with van der Waals surface area (Å²) in [6.45, 7) is 2.01. The summed E-state index contributed by atoms with van der Waals surface area (Å²) in [7, 11) is 0. The summed E-state index contributed by atoms with van der Waals surface area (Å²) in [6, 6.07) is 8.11. The number of benzene rings is 1. The number of aryl methyl sites for hydroxylation is 1. The lowest BCUT2D eigenvalue weighted by molar-refractivity contribution is -0.718. The molecule has 5 heteroatoms. The van der Waals surface area contributed by atoms with Crippen molar-refractivity contribution in [1.82, 2.24) is 5.32 Å². The number of amides is 2. The second kappa shape index (κ2) is 6.48. The normalized spacial score (nSPS) is 27.7. The van der Waals surface area contributed by atoms with Gasteiger partial charge in [0.05, 0.1) is 12.5 Å². The minimum absolute atomic E-state index is 0.00204. The number of rotatable bonds is 3. The molecule has 0 bridgehead atoms. The van der Waals surface area contributed by atoms with Crippen LogP contribution >= 0.6 is 0 Å². The van der Waals surface area contributed by atoms with Gasteiger partial charge in [-0.2, -0.15) is 0 Å². The lowest BCUT2D eigenvalue weighted by Gasteiger charge is -2.37. The number of nitrogens with two attached hydrogens (primary N) is 1. The Labute approximate surface area is 130 Å². The molecule has 0 unspecified atom stereocenters. The Morgan fingerprint density at radius 2 is 2.00 bits per heavy atom. The SMILES string of the molecule is Cc1ccc(NC(=O)C[C@@H]2[NH2+][C@H]3CCCC[C@H]3NC2=O)cc1. The summed E-state index contributed by atoms with van der Waals surface area (Å²) < 4.78 is 0. The third-order valence-electron chi connectivity index (χ3n) is 4.70. The lowest BCUT2D eigenvalue weighted by Crippen LogP contribution is -3.03. The summed E-state index contributed by atoms with van der Waals surface area (Å²) in [5, 5.41) is 8.07. The van der Waals surface area contributed by atoms with Crippen molar-refractivity contribution >= 4 is 17.5 Å². The largest absolute Gasteiger partial charge is 0.342 e. The zero-order valence-electron chi connectivity index (χ0n) is 13.0. The molecule has 22 heavy (non-hydrogen) atoms. The predicted octanol–water partition coefficient (Wildman–Crippen LogP) is 0.697. The smallest absolute Gasteiger partial charge is 0.279 e. The van der Waals surface area contributed by atoms with Crippen LogP contribution in [0.3, 0.4) is 0 Å². The maximum atomic E-state index is 12.2. The van der Waals surface area contributed by atoms with Gasteiger partial charge >= 0.3 is 0 Å². The maximum Gasteiger partial charge on any atom is 0.279 e. The summed E-state index contributed by atoms with van der Waals surface area (Å²) >= 11 is 0. The molecule has 1 heterocycles. The topological polar surface area (TPSA) is 74.8 Å². The third-order valence-corrected chi connectivity index (χ3v) is 4.70. The number of nitrogens with one attached hydrogen (secondary N) is 2. The number of anilines is 1. The van der Waals surface area contributed by atoms with E-state index in [4.69, 9.17) is 0 Å². The highest BCUT2D eigenvalue weighted by molar-refractivity contribution is 5.95. The summed E-state index contributed by atoms with van der Waals surface area (Å²) in [5.74, 6) is -0.100. The van der Waals surface area contributed by atoms with Crippen LogP contribution in [-0.2, 0) is 9.59 Å². The van der Waals surface area contributed by atoms with Crippen LogP contribution in [-0.4, -0.2) is 29.9 Å². The molecule has 1 aliphatic carbocycles. The highest BCUT2D eigenvalue weighted by atomic mass is 16.2. The first kappa shape index (κ1) is 15.0. The molecule has 3 atom stereocenters. The van der Waals surface area contributed by atoms with Crippen LogP contribution < -0.4 is 16.0 Å². The number of carbonyl (C=O) groups excluding carboxylic acids is 2. The van der Waals surface area contributed by atoms with E-state index in [0.717, 1.165) is 24.1 Å². The maximum absolute atomic E-state index is 12.2. The van der Waals surface area contributed by atoms with Gasteiger partial charge in [-0.15, -0.1) is 0 Å². The molecule has 1 saturated heterocycles. The Kier molecular flexibility index (Phi) is 4.43. The fourth-order valence-electron chi connectivity index (χ4n) is 3.45. The van der Waals surface area contributed by atoms with Crippen molar-refractivity contribution < 1.29 is 14.9 Å². The van der Waals surface area contributed by atoms with Crippen molar-refractivity contribution in [3.8, 4) is 0 Å². The molecule has 0 aromatic heterocycles. The van der Waals surface area contributed by atoms with E-state index in [1.54, 1.807) is 0 Å².